The summed E-state index contributed by atoms with van der Waals surface area (Å²) >= 11 is 0. The lowest BCUT2D eigenvalue weighted by molar-refractivity contribution is -0.204. The summed E-state index contributed by atoms with van der Waals surface area (Å²) in [6, 6.07) is 0. The zero-order valence-electron chi connectivity index (χ0n) is 25.4. The van der Waals surface area contributed by atoms with Gasteiger partial charge in [0.2, 0.25) is 11.8 Å². The van der Waals surface area contributed by atoms with E-state index in [9.17, 15) is 14.7 Å². The number of allylic oxidation sites excluding steroid dienone is 2. The molecule has 0 aromatic rings. The molecule has 0 spiro atoms. The highest BCUT2D eigenvalue weighted by molar-refractivity contribution is 5.88. The first-order chi connectivity index (χ1) is 17.7. The number of aliphatic hydroxyl groups is 1. The lowest BCUT2D eigenvalue weighted by atomic mass is 9.33. The molecule has 4 saturated carbocycles. The quantitative estimate of drug-likeness (QED) is 0.403. The summed E-state index contributed by atoms with van der Waals surface area (Å²) in [7, 11) is 1.62. The second kappa shape index (κ2) is 9.08. The Morgan fingerprint density at radius 1 is 0.947 bits per heavy atom. The van der Waals surface area contributed by atoms with Crippen LogP contribution in [0.5, 0.6) is 0 Å². The van der Waals surface area contributed by atoms with Crippen LogP contribution in [0.3, 0.4) is 0 Å². The minimum absolute atomic E-state index is 0.0445. The van der Waals surface area contributed by atoms with Crippen LogP contribution < -0.4 is 10.6 Å². The summed E-state index contributed by atoms with van der Waals surface area (Å²) in [6.45, 7) is 17.1. The van der Waals surface area contributed by atoms with Gasteiger partial charge in [-0.15, -0.1) is 0 Å². The predicted octanol–water partition coefficient (Wildman–Crippen LogP) is 5.87. The van der Waals surface area contributed by atoms with E-state index in [1.54, 1.807) is 12.6 Å². The van der Waals surface area contributed by atoms with Crippen molar-refractivity contribution in [3.8, 4) is 0 Å². The molecule has 0 aromatic carbocycles. The number of nitrogens with one attached hydrogen (secondary N) is 2. The van der Waals surface area contributed by atoms with Crippen molar-refractivity contribution in [1.29, 1.82) is 0 Å². The lowest BCUT2D eigenvalue weighted by Crippen LogP contribution is -2.66. The number of rotatable bonds is 3. The van der Waals surface area contributed by atoms with Crippen molar-refractivity contribution in [2.45, 2.75) is 112 Å². The maximum atomic E-state index is 14.0. The third-order valence-corrected chi connectivity index (χ3v) is 14.1. The fraction of sp³-hybridized carbons (Fsp3) is 0.879. The van der Waals surface area contributed by atoms with Crippen molar-refractivity contribution in [2.75, 3.05) is 13.6 Å². The van der Waals surface area contributed by atoms with Crippen molar-refractivity contribution < 1.29 is 14.7 Å². The Morgan fingerprint density at radius 3 is 2.34 bits per heavy atom. The van der Waals surface area contributed by atoms with Crippen LogP contribution in [0.1, 0.15) is 106 Å². The highest BCUT2D eigenvalue weighted by Gasteiger charge is 2.69. The number of carbonyl (C=O) groups is 2. The van der Waals surface area contributed by atoms with Crippen LogP contribution >= 0.6 is 0 Å². The molecular formula is C33H54N2O3. The highest BCUT2D eigenvalue weighted by Crippen LogP contribution is 2.75. The standard InChI is InChI=1S/C33H54N2O3/c1-20-11-16-33(28(38)35-19-26(37)34-8)18-17-31(6)22(27(33)21(20)2)9-10-24-30(5)14-13-25(36)29(3,4)23(30)12-15-32(24,31)7/h9,20-21,23-25,27,36H,10-19H2,1-8H3,(H,34,37)(H,35,38). The van der Waals surface area contributed by atoms with Gasteiger partial charge in [-0.05, 0) is 109 Å². The molecule has 5 nitrogen and oxygen atoms in total. The van der Waals surface area contributed by atoms with E-state index in [-0.39, 0.29) is 52.0 Å². The summed E-state index contributed by atoms with van der Waals surface area (Å²) in [5.41, 5.74) is 1.60. The van der Waals surface area contributed by atoms with Gasteiger partial charge in [-0.3, -0.25) is 9.59 Å². The van der Waals surface area contributed by atoms with E-state index in [1.807, 2.05) is 0 Å². The van der Waals surface area contributed by atoms with Crippen LogP contribution in [0, 0.1) is 56.7 Å². The minimum atomic E-state index is -0.410. The van der Waals surface area contributed by atoms with Gasteiger partial charge >= 0.3 is 0 Å². The molecule has 10 unspecified atom stereocenters. The minimum Gasteiger partial charge on any atom is -0.393 e. The molecule has 5 heteroatoms. The highest BCUT2D eigenvalue weighted by atomic mass is 16.3. The van der Waals surface area contributed by atoms with Crippen molar-refractivity contribution in [3.63, 3.8) is 0 Å². The molecule has 0 heterocycles. The van der Waals surface area contributed by atoms with Crippen LogP contribution in [0.25, 0.3) is 0 Å². The van der Waals surface area contributed by atoms with Crippen molar-refractivity contribution >= 4 is 11.8 Å². The van der Waals surface area contributed by atoms with Gasteiger partial charge in [-0.2, -0.15) is 0 Å². The van der Waals surface area contributed by atoms with Crippen molar-refractivity contribution in [2.24, 2.45) is 56.7 Å². The molecule has 0 bridgehead atoms. The Kier molecular flexibility index (Phi) is 6.73. The first-order valence-corrected chi connectivity index (χ1v) is 15.6. The molecular weight excluding hydrogens is 472 g/mol. The number of aliphatic hydroxyl groups excluding tert-OH is 1. The Morgan fingerprint density at radius 2 is 1.66 bits per heavy atom. The molecule has 38 heavy (non-hydrogen) atoms. The Labute approximate surface area is 231 Å². The smallest absolute Gasteiger partial charge is 0.239 e. The molecule has 5 rings (SSSR count). The molecule has 10 atom stereocenters. The van der Waals surface area contributed by atoms with Gasteiger partial charge in [0.05, 0.1) is 18.1 Å². The van der Waals surface area contributed by atoms with Gasteiger partial charge in [0, 0.05) is 7.05 Å². The monoisotopic (exact) mass is 526 g/mol. The summed E-state index contributed by atoms with van der Waals surface area (Å²) in [5, 5.41) is 16.7. The zero-order chi connectivity index (χ0) is 27.9. The molecule has 0 saturated heterocycles. The van der Waals surface area contributed by atoms with Gasteiger partial charge in [0.15, 0.2) is 0 Å². The topological polar surface area (TPSA) is 78.4 Å². The van der Waals surface area contributed by atoms with E-state index in [0.717, 1.165) is 44.9 Å². The van der Waals surface area contributed by atoms with E-state index in [0.29, 0.717) is 23.7 Å². The lowest BCUT2D eigenvalue weighted by Gasteiger charge is -2.71. The summed E-state index contributed by atoms with van der Waals surface area (Å²) < 4.78 is 0. The number of fused-ring (bicyclic) bond motifs is 7. The van der Waals surface area contributed by atoms with Crippen molar-refractivity contribution in [1.82, 2.24) is 10.6 Å². The first-order valence-electron chi connectivity index (χ1n) is 15.6. The Balaban J connectivity index is 1.55. The van der Waals surface area contributed by atoms with Gasteiger partial charge in [0.25, 0.3) is 0 Å². The normalized spacial score (nSPS) is 49.3. The average molecular weight is 527 g/mol. The zero-order valence-corrected chi connectivity index (χ0v) is 25.4. The fourth-order valence-electron chi connectivity index (χ4n) is 11.3. The first kappa shape index (κ1) is 28.2. The van der Waals surface area contributed by atoms with Crippen LogP contribution in [0.15, 0.2) is 11.6 Å². The number of hydrogen-bond donors (Lipinski definition) is 3. The summed E-state index contributed by atoms with van der Waals surface area (Å²) in [6.07, 6.45) is 11.9. The maximum absolute atomic E-state index is 14.0. The van der Waals surface area contributed by atoms with Gasteiger partial charge in [-0.25, -0.2) is 0 Å². The molecule has 2 amide bonds. The van der Waals surface area contributed by atoms with Crippen LogP contribution in [-0.4, -0.2) is 36.6 Å². The second-order valence-electron chi connectivity index (χ2n) is 15.5. The molecule has 5 aliphatic carbocycles. The summed E-state index contributed by atoms with van der Waals surface area (Å²) in [5.74, 6) is 2.37. The SMILES string of the molecule is CNC(=O)CNC(=O)C12CCC(C)C(C)C1C1=CCC3C4(C)CCC(O)C(C)(C)C4CCC3(C)C1(C)CC2. The van der Waals surface area contributed by atoms with Crippen LogP contribution in [0.2, 0.25) is 0 Å². The third kappa shape index (κ3) is 3.58. The third-order valence-electron chi connectivity index (χ3n) is 14.1. The molecule has 0 aromatic heterocycles. The van der Waals surface area contributed by atoms with E-state index < -0.39 is 5.41 Å². The molecule has 0 aliphatic heterocycles. The molecule has 3 N–H and O–H groups in total. The van der Waals surface area contributed by atoms with Crippen LogP contribution in [0.4, 0.5) is 0 Å². The average Bonchev–Trinajstić information content (AvgIpc) is 2.87. The van der Waals surface area contributed by atoms with E-state index in [2.05, 4.69) is 65.2 Å². The summed E-state index contributed by atoms with van der Waals surface area (Å²) in [4.78, 5) is 26.0. The van der Waals surface area contributed by atoms with Gasteiger partial charge in [-0.1, -0.05) is 60.1 Å². The number of hydrogen-bond acceptors (Lipinski definition) is 3. The van der Waals surface area contributed by atoms with E-state index >= 15 is 0 Å². The molecule has 4 fully saturated rings. The number of likely N-dealkylation sites (N-methyl/N-ethyl adjacent to an activating group) is 1. The Hall–Kier alpha value is -1.36. The number of amides is 2. The maximum Gasteiger partial charge on any atom is 0.239 e. The fourth-order valence-corrected chi connectivity index (χ4v) is 11.3. The molecule has 214 valence electrons. The molecule has 0 radical (unpaired) electrons. The molecule has 5 aliphatic rings. The Bertz CT molecular complexity index is 1020. The van der Waals surface area contributed by atoms with Gasteiger partial charge in [0.1, 0.15) is 0 Å². The predicted molar refractivity (Wildman–Crippen MR) is 152 cm³/mol. The number of carbonyl (C=O) groups excluding carboxylic acids is 2. The van der Waals surface area contributed by atoms with E-state index in [4.69, 9.17) is 0 Å². The van der Waals surface area contributed by atoms with Gasteiger partial charge < -0.3 is 15.7 Å². The second-order valence-corrected chi connectivity index (χ2v) is 15.5. The largest absolute Gasteiger partial charge is 0.393 e. The van der Waals surface area contributed by atoms with E-state index in [1.165, 1.54) is 12.8 Å². The van der Waals surface area contributed by atoms with Crippen LogP contribution in [-0.2, 0) is 9.59 Å². The van der Waals surface area contributed by atoms with Crippen molar-refractivity contribution in [3.05, 3.63) is 11.6 Å².